The van der Waals surface area contributed by atoms with Crippen LogP contribution in [0.4, 0.5) is 10.5 Å². The molecule has 1 aliphatic rings. The van der Waals surface area contributed by atoms with Gasteiger partial charge in [-0.25, -0.2) is 4.98 Å². The summed E-state index contributed by atoms with van der Waals surface area (Å²) in [6.45, 7) is 2.49. The molecule has 1 aromatic heterocycles. The molecule has 3 aromatic carbocycles. The SMILES string of the molecule is CC(Oc1ccc(CC2SC(=O)NC2=O)cc1)c1nc2ccc(OCCc3ccc(N)cc3)cc2[nH]1. The van der Waals surface area contributed by atoms with E-state index in [1.807, 2.05) is 73.7 Å². The Labute approximate surface area is 212 Å². The number of nitrogen functional groups attached to an aromatic ring is 1. The molecule has 0 radical (unpaired) electrons. The predicted octanol–water partition coefficient (Wildman–Crippen LogP) is 4.80. The molecule has 184 valence electrons. The molecule has 36 heavy (non-hydrogen) atoms. The number of carbonyl (C=O) groups is 2. The van der Waals surface area contributed by atoms with Crippen molar-refractivity contribution in [3.05, 3.63) is 83.7 Å². The van der Waals surface area contributed by atoms with Gasteiger partial charge in [-0.2, -0.15) is 0 Å². The summed E-state index contributed by atoms with van der Waals surface area (Å²) >= 11 is 1.03. The highest BCUT2D eigenvalue weighted by molar-refractivity contribution is 8.15. The number of nitrogens with two attached hydrogens (primary N) is 1. The van der Waals surface area contributed by atoms with Crippen LogP contribution in [0.1, 0.15) is 30.0 Å². The van der Waals surface area contributed by atoms with Crippen LogP contribution in [0.25, 0.3) is 11.0 Å². The molecule has 8 nitrogen and oxygen atoms in total. The van der Waals surface area contributed by atoms with Gasteiger partial charge in [0.05, 0.1) is 22.9 Å². The predicted molar refractivity (Wildman–Crippen MR) is 140 cm³/mol. The van der Waals surface area contributed by atoms with E-state index in [1.165, 1.54) is 5.56 Å². The van der Waals surface area contributed by atoms with Gasteiger partial charge in [0.2, 0.25) is 5.91 Å². The summed E-state index contributed by atoms with van der Waals surface area (Å²) in [6, 6.07) is 21.1. The van der Waals surface area contributed by atoms with E-state index in [-0.39, 0.29) is 22.5 Å². The van der Waals surface area contributed by atoms with Gasteiger partial charge in [-0.15, -0.1) is 0 Å². The maximum Gasteiger partial charge on any atom is 0.286 e. The number of anilines is 1. The van der Waals surface area contributed by atoms with Gasteiger partial charge >= 0.3 is 0 Å². The Kier molecular flexibility index (Phi) is 6.81. The number of aromatic amines is 1. The smallest absolute Gasteiger partial charge is 0.286 e. The fraction of sp³-hybridized carbons (Fsp3) is 0.222. The third kappa shape index (κ3) is 5.63. The molecule has 1 aliphatic heterocycles. The van der Waals surface area contributed by atoms with Crippen molar-refractivity contribution in [2.24, 2.45) is 0 Å². The first kappa shape index (κ1) is 23.7. The van der Waals surface area contributed by atoms with E-state index < -0.39 is 0 Å². The molecule has 2 atom stereocenters. The van der Waals surface area contributed by atoms with E-state index in [9.17, 15) is 9.59 Å². The molecule has 1 saturated heterocycles. The normalized spacial score (nSPS) is 16.2. The number of carbonyl (C=O) groups excluding carboxylic acids is 2. The topological polar surface area (TPSA) is 119 Å². The van der Waals surface area contributed by atoms with Crippen molar-refractivity contribution >= 4 is 39.6 Å². The summed E-state index contributed by atoms with van der Waals surface area (Å²) in [5, 5.41) is 1.64. The van der Waals surface area contributed by atoms with E-state index >= 15 is 0 Å². The fourth-order valence-corrected chi connectivity index (χ4v) is 4.83. The number of amides is 2. The molecule has 4 aromatic rings. The minimum absolute atomic E-state index is 0.237. The highest BCUT2D eigenvalue weighted by Crippen LogP contribution is 2.27. The van der Waals surface area contributed by atoms with Crippen LogP contribution in [0, 0.1) is 0 Å². The first-order chi connectivity index (χ1) is 17.4. The third-order valence-electron chi connectivity index (χ3n) is 5.92. The number of imidazole rings is 1. The van der Waals surface area contributed by atoms with Crippen LogP contribution in [0.15, 0.2) is 66.7 Å². The van der Waals surface area contributed by atoms with Crippen molar-refractivity contribution in [3.63, 3.8) is 0 Å². The Balaban J connectivity index is 1.17. The van der Waals surface area contributed by atoms with E-state index in [0.29, 0.717) is 24.6 Å². The number of hydrogen-bond acceptors (Lipinski definition) is 7. The van der Waals surface area contributed by atoms with Gasteiger partial charge in [0.1, 0.15) is 17.3 Å². The molecule has 1 fully saturated rings. The summed E-state index contributed by atoms with van der Waals surface area (Å²) in [7, 11) is 0. The Hall–Kier alpha value is -3.98. The van der Waals surface area contributed by atoms with Crippen LogP contribution >= 0.6 is 11.8 Å². The molecule has 2 heterocycles. The number of hydrogen-bond donors (Lipinski definition) is 3. The number of fused-ring (bicyclic) bond motifs is 1. The lowest BCUT2D eigenvalue weighted by molar-refractivity contribution is -0.118. The Bertz CT molecular complexity index is 1390. The zero-order valence-electron chi connectivity index (χ0n) is 19.7. The molecule has 4 N–H and O–H groups in total. The summed E-state index contributed by atoms with van der Waals surface area (Å²) in [6.07, 6.45) is 0.986. The Morgan fingerprint density at radius 3 is 2.44 bits per heavy atom. The second-order valence-corrected chi connectivity index (χ2v) is 9.81. The summed E-state index contributed by atoms with van der Waals surface area (Å²) < 4.78 is 12.0. The largest absolute Gasteiger partial charge is 0.493 e. The summed E-state index contributed by atoms with van der Waals surface area (Å²) in [5.41, 5.74) is 10.3. The first-order valence-electron chi connectivity index (χ1n) is 11.7. The van der Waals surface area contributed by atoms with Crippen LogP contribution in [0.2, 0.25) is 0 Å². The van der Waals surface area contributed by atoms with Crippen LogP contribution in [0.3, 0.4) is 0 Å². The van der Waals surface area contributed by atoms with E-state index in [1.54, 1.807) is 0 Å². The summed E-state index contributed by atoms with van der Waals surface area (Å²) in [5.74, 6) is 1.94. The summed E-state index contributed by atoms with van der Waals surface area (Å²) in [4.78, 5) is 31.1. The van der Waals surface area contributed by atoms with Gasteiger partial charge in [-0.05, 0) is 60.9 Å². The number of nitrogens with one attached hydrogen (secondary N) is 2. The maximum atomic E-state index is 11.8. The standard InChI is InChI=1S/C27H26N4O4S/c1-16(35-20-8-4-18(5-9-20)14-24-26(32)31-27(33)36-24)25-29-22-11-10-21(15-23(22)30-25)34-13-12-17-2-6-19(28)7-3-17/h2-11,15-16,24H,12-14,28H2,1H3,(H,29,30)(H,31,32,33). The molecule has 2 unspecified atom stereocenters. The van der Waals surface area contributed by atoms with Crippen LogP contribution in [-0.2, 0) is 17.6 Å². The minimum Gasteiger partial charge on any atom is -0.493 e. The molecule has 0 saturated carbocycles. The highest BCUT2D eigenvalue weighted by Gasteiger charge is 2.31. The Morgan fingerprint density at radius 1 is 1.00 bits per heavy atom. The number of benzene rings is 3. The second-order valence-electron chi connectivity index (χ2n) is 8.63. The average molecular weight is 503 g/mol. The van der Waals surface area contributed by atoms with Crippen molar-refractivity contribution in [3.8, 4) is 11.5 Å². The molecule has 0 aliphatic carbocycles. The first-order valence-corrected chi connectivity index (χ1v) is 12.5. The van der Waals surface area contributed by atoms with E-state index in [2.05, 4.69) is 15.3 Å². The lowest BCUT2D eigenvalue weighted by Crippen LogP contribution is -2.25. The molecule has 0 bridgehead atoms. The highest BCUT2D eigenvalue weighted by atomic mass is 32.2. The zero-order chi connectivity index (χ0) is 25.1. The molecule has 5 rings (SSSR count). The molecular weight excluding hydrogens is 476 g/mol. The van der Waals surface area contributed by atoms with Crippen LogP contribution in [0.5, 0.6) is 11.5 Å². The molecule has 0 spiro atoms. The average Bonchev–Trinajstić information content (AvgIpc) is 3.43. The number of rotatable bonds is 9. The third-order valence-corrected chi connectivity index (χ3v) is 6.90. The quantitative estimate of drug-likeness (QED) is 0.281. The number of H-pyrrole nitrogens is 1. The number of aromatic nitrogens is 2. The van der Waals surface area contributed by atoms with Crippen LogP contribution in [-0.4, -0.2) is 33.0 Å². The lowest BCUT2D eigenvalue weighted by Gasteiger charge is -2.13. The fourth-order valence-electron chi connectivity index (χ4n) is 3.97. The maximum absolute atomic E-state index is 11.8. The number of ether oxygens (including phenoxy) is 2. The van der Waals surface area contributed by atoms with Gasteiger partial charge in [0.25, 0.3) is 5.24 Å². The number of nitrogens with zero attached hydrogens (tertiary/aromatic N) is 1. The molecule has 9 heteroatoms. The van der Waals surface area contributed by atoms with Gasteiger partial charge < -0.3 is 20.2 Å². The molecular formula is C27H26N4O4S. The lowest BCUT2D eigenvalue weighted by atomic mass is 10.1. The van der Waals surface area contributed by atoms with Crippen LogP contribution < -0.4 is 20.5 Å². The van der Waals surface area contributed by atoms with Gasteiger partial charge in [-0.3, -0.25) is 14.9 Å². The van der Waals surface area contributed by atoms with Gasteiger partial charge in [0, 0.05) is 18.2 Å². The van der Waals surface area contributed by atoms with Crippen molar-refractivity contribution < 1.29 is 19.1 Å². The van der Waals surface area contributed by atoms with Crippen molar-refractivity contribution in [1.82, 2.24) is 15.3 Å². The van der Waals surface area contributed by atoms with Gasteiger partial charge in [-0.1, -0.05) is 36.0 Å². The van der Waals surface area contributed by atoms with E-state index in [0.717, 1.165) is 46.2 Å². The number of thioether (sulfide) groups is 1. The van der Waals surface area contributed by atoms with Gasteiger partial charge in [0.15, 0.2) is 6.10 Å². The molecule has 2 amide bonds. The van der Waals surface area contributed by atoms with Crippen molar-refractivity contribution in [2.45, 2.75) is 31.1 Å². The number of imide groups is 1. The zero-order valence-corrected chi connectivity index (χ0v) is 20.5. The minimum atomic E-state index is -0.384. The van der Waals surface area contributed by atoms with E-state index in [4.69, 9.17) is 15.2 Å². The second kappa shape index (κ2) is 10.3. The van der Waals surface area contributed by atoms with Crippen molar-refractivity contribution in [1.29, 1.82) is 0 Å². The Morgan fingerprint density at radius 2 is 1.72 bits per heavy atom. The monoisotopic (exact) mass is 502 g/mol. The van der Waals surface area contributed by atoms with Crippen molar-refractivity contribution in [2.75, 3.05) is 12.3 Å².